The Labute approximate surface area is 156 Å². The maximum atomic E-state index is 12.6. The summed E-state index contributed by atoms with van der Waals surface area (Å²) in [6.07, 6.45) is -0.437. The lowest BCUT2D eigenvalue weighted by Gasteiger charge is -2.13. The van der Waals surface area contributed by atoms with Crippen molar-refractivity contribution in [2.45, 2.75) is 13.1 Å². The largest absolute Gasteiger partial charge is 0.468 e. The van der Waals surface area contributed by atoms with Gasteiger partial charge in [0.1, 0.15) is 6.33 Å². The van der Waals surface area contributed by atoms with Gasteiger partial charge in [-0.15, -0.1) is 0 Å². The minimum Gasteiger partial charge on any atom is -0.468 e. The number of rotatable bonds is 6. The van der Waals surface area contributed by atoms with Crippen LogP contribution >= 0.6 is 0 Å². The molecule has 3 aromatic rings. The number of pyridine rings is 1. The molecule has 0 aliphatic carbocycles. The third kappa shape index (κ3) is 4.61. The summed E-state index contributed by atoms with van der Waals surface area (Å²) in [5.41, 5.74) is 0.520. The van der Waals surface area contributed by atoms with Gasteiger partial charge in [-0.3, -0.25) is 4.79 Å². The van der Waals surface area contributed by atoms with Gasteiger partial charge >= 0.3 is 12.2 Å². The number of aromatic nitrogens is 5. The smallest absolute Gasteiger partial charge is 0.422 e. The zero-order valence-corrected chi connectivity index (χ0v) is 14.6. The molecule has 0 bridgehead atoms. The summed E-state index contributed by atoms with van der Waals surface area (Å²) in [7, 11) is 0. The summed E-state index contributed by atoms with van der Waals surface area (Å²) >= 11 is 0. The van der Waals surface area contributed by atoms with Gasteiger partial charge in [-0.05, 0) is 19.1 Å². The lowest BCUT2D eigenvalue weighted by molar-refractivity contribution is -0.154. The molecule has 28 heavy (non-hydrogen) atoms. The molecule has 0 aliphatic heterocycles. The third-order valence-corrected chi connectivity index (χ3v) is 3.37. The van der Waals surface area contributed by atoms with Crippen LogP contribution < -0.4 is 15.0 Å². The van der Waals surface area contributed by atoms with E-state index in [4.69, 9.17) is 4.74 Å². The van der Waals surface area contributed by atoms with E-state index in [1.54, 1.807) is 13.0 Å². The Bertz CT molecular complexity index is 992. The van der Waals surface area contributed by atoms with Crippen LogP contribution in [0.15, 0.2) is 47.8 Å². The van der Waals surface area contributed by atoms with E-state index in [-0.39, 0.29) is 24.2 Å². The quantitative estimate of drug-likeness (QED) is 0.635. The Balaban J connectivity index is 1.96. The molecule has 3 aromatic heterocycles. The second kappa shape index (κ2) is 8.03. The van der Waals surface area contributed by atoms with Gasteiger partial charge in [0.25, 0.3) is 5.56 Å². The second-order valence-corrected chi connectivity index (χ2v) is 5.38. The highest BCUT2D eigenvalue weighted by molar-refractivity contribution is 5.53. The van der Waals surface area contributed by atoms with Crippen molar-refractivity contribution in [3.63, 3.8) is 0 Å². The molecule has 146 valence electrons. The van der Waals surface area contributed by atoms with Crippen LogP contribution in [0.25, 0.3) is 17.1 Å². The summed E-state index contributed by atoms with van der Waals surface area (Å²) in [5, 5.41) is 0. The van der Waals surface area contributed by atoms with E-state index < -0.39 is 18.3 Å². The standard InChI is InChI=1S/C17H14F3N5O3/c1-2-27-16-24-13(12-5-6-21-10-23-12)7-15(26)25(16)11-3-4-14(22-8-11)28-9-17(18,19)20/h3-8,10H,2,9H2,1H3. The number of alkyl halides is 3. The van der Waals surface area contributed by atoms with Gasteiger partial charge in [0, 0.05) is 18.3 Å². The van der Waals surface area contributed by atoms with E-state index in [2.05, 4.69) is 24.7 Å². The average Bonchev–Trinajstić information content (AvgIpc) is 2.67. The van der Waals surface area contributed by atoms with Crippen molar-refractivity contribution in [2.24, 2.45) is 0 Å². The molecule has 8 nitrogen and oxygen atoms in total. The molecular formula is C17H14F3N5O3. The van der Waals surface area contributed by atoms with E-state index in [0.29, 0.717) is 11.4 Å². The molecule has 0 aliphatic rings. The zero-order chi connectivity index (χ0) is 20.1. The number of halogens is 3. The zero-order valence-electron chi connectivity index (χ0n) is 14.6. The van der Waals surface area contributed by atoms with Crippen LogP contribution in [-0.4, -0.2) is 43.9 Å². The summed E-state index contributed by atoms with van der Waals surface area (Å²) in [4.78, 5) is 28.6. The lowest BCUT2D eigenvalue weighted by atomic mass is 10.3. The predicted molar refractivity (Wildman–Crippen MR) is 91.4 cm³/mol. The van der Waals surface area contributed by atoms with Crippen LogP contribution in [0.4, 0.5) is 13.2 Å². The van der Waals surface area contributed by atoms with Crippen LogP contribution in [0, 0.1) is 0 Å². The Morgan fingerprint density at radius 3 is 2.54 bits per heavy atom. The Hall–Kier alpha value is -3.50. The highest BCUT2D eigenvalue weighted by atomic mass is 19.4. The molecule has 3 heterocycles. The summed E-state index contributed by atoms with van der Waals surface area (Å²) in [6, 6.07) is 5.46. The first-order valence-electron chi connectivity index (χ1n) is 8.06. The molecule has 0 spiro atoms. The fraction of sp³-hybridized carbons (Fsp3) is 0.235. The summed E-state index contributed by atoms with van der Waals surface area (Å²) in [6.45, 7) is 0.499. The van der Waals surface area contributed by atoms with Crippen LogP contribution in [0.5, 0.6) is 11.9 Å². The van der Waals surface area contributed by atoms with Gasteiger partial charge in [-0.25, -0.2) is 19.5 Å². The average molecular weight is 393 g/mol. The molecule has 0 amide bonds. The van der Waals surface area contributed by atoms with Gasteiger partial charge in [-0.1, -0.05) is 0 Å². The van der Waals surface area contributed by atoms with Crippen LogP contribution in [0.2, 0.25) is 0 Å². The Kier molecular flexibility index (Phi) is 5.52. The number of ether oxygens (including phenoxy) is 2. The van der Waals surface area contributed by atoms with Gasteiger partial charge in [0.15, 0.2) is 6.61 Å². The van der Waals surface area contributed by atoms with E-state index in [9.17, 15) is 18.0 Å². The number of hydrogen-bond acceptors (Lipinski definition) is 7. The molecule has 11 heteroatoms. The molecule has 0 saturated heterocycles. The highest BCUT2D eigenvalue weighted by Crippen LogP contribution is 2.21. The van der Waals surface area contributed by atoms with Crippen LogP contribution in [0.3, 0.4) is 0 Å². The summed E-state index contributed by atoms with van der Waals surface area (Å²) in [5.74, 6) is -0.224. The predicted octanol–water partition coefficient (Wildman–Crippen LogP) is 2.42. The van der Waals surface area contributed by atoms with Crippen LogP contribution in [-0.2, 0) is 0 Å². The maximum absolute atomic E-state index is 12.6. The van der Waals surface area contributed by atoms with Crippen molar-refractivity contribution in [3.05, 3.63) is 53.3 Å². The first-order valence-corrected chi connectivity index (χ1v) is 8.06. The van der Waals surface area contributed by atoms with Crippen molar-refractivity contribution in [1.29, 1.82) is 0 Å². The molecule has 0 saturated carbocycles. The van der Waals surface area contributed by atoms with Crippen molar-refractivity contribution in [1.82, 2.24) is 24.5 Å². The van der Waals surface area contributed by atoms with Gasteiger partial charge in [-0.2, -0.15) is 18.2 Å². The molecule has 0 unspecified atom stereocenters. The van der Waals surface area contributed by atoms with E-state index >= 15 is 0 Å². The first-order chi connectivity index (χ1) is 13.4. The van der Waals surface area contributed by atoms with Gasteiger partial charge in [0.05, 0.1) is 29.9 Å². The minimum atomic E-state index is -4.47. The molecule has 0 fully saturated rings. The molecule has 3 rings (SSSR count). The maximum Gasteiger partial charge on any atom is 0.422 e. The topological polar surface area (TPSA) is 92.0 Å². The van der Waals surface area contributed by atoms with E-state index in [0.717, 1.165) is 4.57 Å². The lowest BCUT2D eigenvalue weighted by Crippen LogP contribution is -2.22. The normalized spacial score (nSPS) is 11.3. The first kappa shape index (κ1) is 19.3. The van der Waals surface area contributed by atoms with Crippen molar-refractivity contribution in [3.8, 4) is 29.0 Å². The highest BCUT2D eigenvalue weighted by Gasteiger charge is 2.28. The second-order valence-electron chi connectivity index (χ2n) is 5.38. The summed E-state index contributed by atoms with van der Waals surface area (Å²) < 4.78 is 47.8. The Morgan fingerprint density at radius 1 is 1.11 bits per heavy atom. The number of nitrogens with zero attached hydrogens (tertiary/aromatic N) is 5. The van der Waals surface area contributed by atoms with Gasteiger partial charge < -0.3 is 9.47 Å². The SMILES string of the molecule is CCOc1nc(-c2ccncn2)cc(=O)n1-c1ccc(OCC(F)(F)F)nc1. The molecule has 0 radical (unpaired) electrons. The molecule has 0 N–H and O–H groups in total. The molecule has 0 aromatic carbocycles. The van der Waals surface area contributed by atoms with Crippen molar-refractivity contribution >= 4 is 0 Å². The number of hydrogen-bond donors (Lipinski definition) is 0. The fourth-order valence-electron chi connectivity index (χ4n) is 2.24. The third-order valence-electron chi connectivity index (χ3n) is 3.37. The van der Waals surface area contributed by atoms with Crippen LogP contribution in [0.1, 0.15) is 6.92 Å². The fourth-order valence-corrected chi connectivity index (χ4v) is 2.24. The molecular weight excluding hydrogens is 379 g/mol. The Morgan fingerprint density at radius 2 is 1.93 bits per heavy atom. The minimum absolute atomic E-state index is 0.00521. The van der Waals surface area contributed by atoms with Crippen molar-refractivity contribution < 1.29 is 22.6 Å². The van der Waals surface area contributed by atoms with Crippen molar-refractivity contribution in [2.75, 3.05) is 13.2 Å². The molecule has 0 atom stereocenters. The van der Waals surface area contributed by atoms with E-state index in [1.165, 1.54) is 36.9 Å². The van der Waals surface area contributed by atoms with Gasteiger partial charge in [0.2, 0.25) is 5.88 Å². The van der Waals surface area contributed by atoms with E-state index in [1.807, 2.05) is 0 Å². The monoisotopic (exact) mass is 393 g/mol.